The molecule has 140 valence electrons. The zero-order chi connectivity index (χ0) is 19.2. The van der Waals surface area contributed by atoms with E-state index in [0.717, 1.165) is 21.8 Å². The highest BCUT2D eigenvalue weighted by Crippen LogP contribution is 2.23. The maximum absolute atomic E-state index is 12.2. The minimum absolute atomic E-state index is 0.0874. The molecule has 3 heterocycles. The molecule has 0 fully saturated rings. The number of carbonyl (C=O) groups excluding carboxylic acids is 1. The SMILES string of the molecule is O=C(Cc1cc(-c2ccccc2)on1)NCCc1csc(-c2cccnc2)n1. The first-order valence-corrected chi connectivity index (χ1v) is 9.78. The van der Waals surface area contributed by atoms with E-state index in [4.69, 9.17) is 4.52 Å². The molecule has 0 unspecified atom stereocenters. The van der Waals surface area contributed by atoms with E-state index in [1.54, 1.807) is 29.8 Å². The van der Waals surface area contributed by atoms with Crippen molar-refractivity contribution in [2.45, 2.75) is 12.8 Å². The quantitative estimate of drug-likeness (QED) is 0.520. The van der Waals surface area contributed by atoms with Gasteiger partial charge in [-0.2, -0.15) is 0 Å². The molecule has 4 rings (SSSR count). The Labute approximate surface area is 166 Å². The molecule has 0 saturated heterocycles. The van der Waals surface area contributed by atoms with Crippen LogP contribution in [0.1, 0.15) is 11.4 Å². The zero-order valence-electron chi connectivity index (χ0n) is 15.0. The van der Waals surface area contributed by atoms with Crippen molar-refractivity contribution in [2.24, 2.45) is 0 Å². The number of amides is 1. The van der Waals surface area contributed by atoms with Crippen LogP contribution in [0.2, 0.25) is 0 Å². The Hall–Kier alpha value is -3.32. The molecule has 0 radical (unpaired) electrons. The summed E-state index contributed by atoms with van der Waals surface area (Å²) < 4.78 is 5.33. The summed E-state index contributed by atoms with van der Waals surface area (Å²) >= 11 is 1.58. The Morgan fingerprint density at radius 2 is 1.93 bits per heavy atom. The fourth-order valence-electron chi connectivity index (χ4n) is 2.73. The van der Waals surface area contributed by atoms with Gasteiger partial charge in [0.25, 0.3) is 0 Å². The number of carbonyl (C=O) groups is 1. The van der Waals surface area contributed by atoms with Gasteiger partial charge in [-0.25, -0.2) is 4.98 Å². The predicted molar refractivity (Wildman–Crippen MR) is 108 cm³/mol. The summed E-state index contributed by atoms with van der Waals surface area (Å²) in [6.07, 6.45) is 4.40. The summed E-state index contributed by atoms with van der Waals surface area (Å²) in [6, 6.07) is 15.4. The van der Waals surface area contributed by atoms with Crippen LogP contribution in [0.3, 0.4) is 0 Å². The second kappa shape index (κ2) is 8.58. The number of thiazole rings is 1. The van der Waals surface area contributed by atoms with Crippen LogP contribution in [0.5, 0.6) is 0 Å². The van der Waals surface area contributed by atoms with Gasteiger partial charge in [0.15, 0.2) is 5.76 Å². The molecular weight excluding hydrogens is 372 g/mol. The largest absolute Gasteiger partial charge is 0.356 e. The molecule has 0 bridgehead atoms. The number of rotatable bonds is 7. The van der Waals surface area contributed by atoms with Crippen molar-refractivity contribution in [3.05, 3.63) is 77.7 Å². The lowest BCUT2D eigenvalue weighted by Gasteiger charge is -2.02. The minimum Gasteiger partial charge on any atom is -0.356 e. The molecule has 4 aromatic rings. The summed E-state index contributed by atoms with van der Waals surface area (Å²) in [5.41, 5.74) is 3.51. The van der Waals surface area contributed by atoms with Gasteiger partial charge >= 0.3 is 0 Å². The van der Waals surface area contributed by atoms with Crippen LogP contribution in [-0.4, -0.2) is 27.6 Å². The van der Waals surface area contributed by atoms with Crippen LogP contribution in [0, 0.1) is 0 Å². The maximum Gasteiger partial charge on any atom is 0.226 e. The average Bonchev–Trinajstić information content (AvgIpc) is 3.39. The van der Waals surface area contributed by atoms with Crippen LogP contribution in [0.4, 0.5) is 0 Å². The lowest BCUT2D eigenvalue weighted by atomic mass is 10.1. The molecule has 6 nitrogen and oxygen atoms in total. The molecule has 0 aliphatic carbocycles. The first-order chi connectivity index (χ1) is 13.8. The van der Waals surface area contributed by atoms with Crippen molar-refractivity contribution in [1.29, 1.82) is 0 Å². The van der Waals surface area contributed by atoms with Crippen LogP contribution in [0.15, 0.2) is 70.8 Å². The fraction of sp³-hybridized carbons (Fsp3) is 0.143. The Bertz CT molecular complexity index is 1040. The van der Waals surface area contributed by atoms with Gasteiger partial charge in [0, 0.05) is 47.9 Å². The molecule has 28 heavy (non-hydrogen) atoms. The Morgan fingerprint density at radius 3 is 2.75 bits per heavy atom. The molecule has 0 atom stereocenters. The third kappa shape index (κ3) is 4.50. The molecule has 7 heteroatoms. The number of pyridine rings is 1. The van der Waals surface area contributed by atoms with E-state index in [1.807, 2.05) is 47.8 Å². The molecule has 3 aromatic heterocycles. The lowest BCUT2D eigenvalue weighted by molar-refractivity contribution is -0.120. The van der Waals surface area contributed by atoms with Crippen LogP contribution in [0.25, 0.3) is 21.9 Å². The first kappa shape index (κ1) is 18.1. The van der Waals surface area contributed by atoms with Gasteiger partial charge in [-0.3, -0.25) is 9.78 Å². The van der Waals surface area contributed by atoms with E-state index in [1.165, 1.54) is 0 Å². The first-order valence-electron chi connectivity index (χ1n) is 8.90. The van der Waals surface area contributed by atoms with E-state index < -0.39 is 0 Å². The monoisotopic (exact) mass is 390 g/mol. The topological polar surface area (TPSA) is 80.9 Å². The standard InChI is InChI=1S/C21H18N4O2S/c26-20(12-18-11-19(27-25-18)15-5-2-1-3-6-15)23-10-8-17-14-28-21(24-17)16-7-4-9-22-13-16/h1-7,9,11,13-14H,8,10,12H2,(H,23,26). The van der Waals surface area contributed by atoms with Crippen molar-refractivity contribution in [3.63, 3.8) is 0 Å². The number of benzene rings is 1. The van der Waals surface area contributed by atoms with Gasteiger partial charge in [0.2, 0.25) is 5.91 Å². The van der Waals surface area contributed by atoms with E-state index in [9.17, 15) is 4.79 Å². The second-order valence-corrected chi connectivity index (χ2v) is 7.07. The number of aromatic nitrogens is 3. The normalized spacial score (nSPS) is 10.7. The Kier molecular flexibility index (Phi) is 5.53. The third-order valence-electron chi connectivity index (χ3n) is 4.12. The van der Waals surface area contributed by atoms with Crippen molar-refractivity contribution < 1.29 is 9.32 Å². The fourth-order valence-corrected chi connectivity index (χ4v) is 3.58. The highest BCUT2D eigenvalue weighted by atomic mass is 32.1. The van der Waals surface area contributed by atoms with E-state index in [0.29, 0.717) is 24.4 Å². The van der Waals surface area contributed by atoms with Gasteiger partial charge in [-0.15, -0.1) is 11.3 Å². The number of hydrogen-bond acceptors (Lipinski definition) is 6. The number of nitrogens with one attached hydrogen (secondary N) is 1. The molecule has 0 aliphatic heterocycles. The Balaban J connectivity index is 1.26. The molecular formula is C21H18N4O2S. The molecule has 1 aromatic carbocycles. The minimum atomic E-state index is -0.0874. The third-order valence-corrected chi connectivity index (χ3v) is 5.06. The van der Waals surface area contributed by atoms with Crippen LogP contribution in [-0.2, 0) is 17.6 Å². The number of hydrogen-bond donors (Lipinski definition) is 1. The predicted octanol–water partition coefficient (Wildman–Crippen LogP) is 3.76. The van der Waals surface area contributed by atoms with Crippen LogP contribution >= 0.6 is 11.3 Å². The highest BCUT2D eigenvalue weighted by molar-refractivity contribution is 7.13. The maximum atomic E-state index is 12.2. The van der Waals surface area contributed by atoms with Gasteiger partial charge in [0.1, 0.15) is 5.01 Å². The molecule has 1 N–H and O–H groups in total. The summed E-state index contributed by atoms with van der Waals surface area (Å²) in [4.78, 5) is 20.9. The highest BCUT2D eigenvalue weighted by Gasteiger charge is 2.11. The number of nitrogens with zero attached hydrogens (tertiary/aromatic N) is 3. The molecule has 0 saturated carbocycles. The van der Waals surface area contributed by atoms with Crippen molar-refractivity contribution in [1.82, 2.24) is 20.4 Å². The molecule has 0 aliphatic rings. The van der Waals surface area contributed by atoms with Gasteiger partial charge in [-0.1, -0.05) is 35.5 Å². The second-order valence-electron chi connectivity index (χ2n) is 6.21. The summed E-state index contributed by atoms with van der Waals surface area (Å²) in [7, 11) is 0. The van der Waals surface area contributed by atoms with E-state index in [2.05, 4.69) is 20.4 Å². The smallest absolute Gasteiger partial charge is 0.226 e. The molecule has 1 amide bonds. The van der Waals surface area contributed by atoms with E-state index >= 15 is 0 Å². The van der Waals surface area contributed by atoms with Crippen molar-refractivity contribution in [2.75, 3.05) is 6.54 Å². The summed E-state index contributed by atoms with van der Waals surface area (Å²) in [5.74, 6) is 0.574. The molecule has 0 spiro atoms. The van der Waals surface area contributed by atoms with Crippen molar-refractivity contribution >= 4 is 17.2 Å². The van der Waals surface area contributed by atoms with Crippen molar-refractivity contribution in [3.8, 4) is 21.9 Å². The summed E-state index contributed by atoms with van der Waals surface area (Å²) in [5, 5.41) is 9.84. The average molecular weight is 390 g/mol. The van der Waals surface area contributed by atoms with Gasteiger partial charge in [-0.05, 0) is 12.1 Å². The zero-order valence-corrected chi connectivity index (χ0v) is 15.9. The van der Waals surface area contributed by atoms with E-state index in [-0.39, 0.29) is 12.3 Å². The van der Waals surface area contributed by atoms with Gasteiger partial charge in [0.05, 0.1) is 17.8 Å². The Morgan fingerprint density at radius 1 is 1.07 bits per heavy atom. The van der Waals surface area contributed by atoms with Crippen LogP contribution < -0.4 is 5.32 Å². The van der Waals surface area contributed by atoms with Gasteiger partial charge < -0.3 is 9.84 Å². The lowest BCUT2D eigenvalue weighted by Crippen LogP contribution is -2.27. The summed E-state index contributed by atoms with van der Waals surface area (Å²) in [6.45, 7) is 0.526.